The van der Waals surface area contributed by atoms with E-state index >= 15 is 0 Å². The highest BCUT2D eigenvalue weighted by atomic mass is 19.1. The molecule has 114 valence electrons. The van der Waals surface area contributed by atoms with Gasteiger partial charge in [0.2, 0.25) is 5.91 Å². The summed E-state index contributed by atoms with van der Waals surface area (Å²) >= 11 is 0. The molecule has 1 atom stereocenters. The highest BCUT2D eigenvalue weighted by molar-refractivity contribution is 5.79. The Morgan fingerprint density at radius 1 is 1.38 bits per heavy atom. The SMILES string of the molecule is CN1C[C@@]2(COCCN(Cc3cccc(F)c3)C2)CC1=O. The van der Waals surface area contributed by atoms with E-state index in [1.54, 1.807) is 17.0 Å². The van der Waals surface area contributed by atoms with Gasteiger partial charge in [-0.15, -0.1) is 0 Å². The lowest BCUT2D eigenvalue weighted by molar-refractivity contribution is -0.126. The molecular weight excluding hydrogens is 271 g/mol. The average molecular weight is 292 g/mol. The first-order chi connectivity index (χ1) is 10.1. The zero-order valence-electron chi connectivity index (χ0n) is 12.3. The van der Waals surface area contributed by atoms with Crippen molar-refractivity contribution >= 4 is 5.91 Å². The van der Waals surface area contributed by atoms with Crippen LogP contribution in [0.4, 0.5) is 4.39 Å². The van der Waals surface area contributed by atoms with E-state index in [4.69, 9.17) is 4.74 Å². The van der Waals surface area contributed by atoms with Crippen molar-refractivity contribution in [2.75, 3.05) is 39.9 Å². The van der Waals surface area contributed by atoms with Crippen molar-refractivity contribution < 1.29 is 13.9 Å². The maximum Gasteiger partial charge on any atom is 0.223 e. The second-order valence-electron chi connectivity index (χ2n) is 6.32. The highest BCUT2D eigenvalue weighted by Crippen LogP contribution is 2.33. The first-order valence-electron chi connectivity index (χ1n) is 7.35. The van der Waals surface area contributed by atoms with Gasteiger partial charge in [-0.1, -0.05) is 12.1 Å². The Morgan fingerprint density at radius 3 is 2.95 bits per heavy atom. The zero-order valence-corrected chi connectivity index (χ0v) is 12.3. The summed E-state index contributed by atoms with van der Waals surface area (Å²) < 4.78 is 19.0. The summed E-state index contributed by atoms with van der Waals surface area (Å²) in [6, 6.07) is 6.71. The van der Waals surface area contributed by atoms with Crippen LogP contribution < -0.4 is 0 Å². The second kappa shape index (κ2) is 5.73. The summed E-state index contributed by atoms with van der Waals surface area (Å²) in [5.41, 5.74) is 0.847. The Balaban J connectivity index is 1.72. The molecule has 0 saturated carbocycles. The van der Waals surface area contributed by atoms with Gasteiger partial charge in [-0.2, -0.15) is 0 Å². The Bertz CT molecular complexity index is 537. The maximum atomic E-state index is 13.3. The van der Waals surface area contributed by atoms with Crippen molar-refractivity contribution in [1.82, 2.24) is 9.80 Å². The zero-order chi connectivity index (χ0) is 14.9. The Labute approximate surface area is 124 Å². The smallest absolute Gasteiger partial charge is 0.223 e. The van der Waals surface area contributed by atoms with Crippen molar-refractivity contribution in [2.24, 2.45) is 5.41 Å². The lowest BCUT2D eigenvalue weighted by atomic mass is 9.87. The fourth-order valence-electron chi connectivity index (χ4n) is 3.42. The van der Waals surface area contributed by atoms with Crippen LogP contribution in [0, 0.1) is 11.2 Å². The van der Waals surface area contributed by atoms with Crippen LogP contribution in [-0.4, -0.2) is 55.6 Å². The van der Waals surface area contributed by atoms with Gasteiger partial charge in [0.1, 0.15) is 5.82 Å². The molecule has 2 heterocycles. The molecule has 21 heavy (non-hydrogen) atoms. The summed E-state index contributed by atoms with van der Waals surface area (Å²) in [5.74, 6) is -0.0183. The van der Waals surface area contributed by atoms with E-state index in [0.29, 0.717) is 26.2 Å². The van der Waals surface area contributed by atoms with Gasteiger partial charge in [-0.05, 0) is 17.7 Å². The quantitative estimate of drug-likeness (QED) is 0.828. The number of halogens is 1. The molecule has 0 N–H and O–H groups in total. The minimum atomic E-state index is -0.205. The first-order valence-corrected chi connectivity index (χ1v) is 7.35. The maximum absolute atomic E-state index is 13.3. The van der Waals surface area contributed by atoms with Crippen LogP contribution in [0.5, 0.6) is 0 Å². The molecule has 0 radical (unpaired) electrons. The third-order valence-corrected chi connectivity index (χ3v) is 4.34. The van der Waals surface area contributed by atoms with E-state index in [9.17, 15) is 9.18 Å². The molecule has 1 aromatic carbocycles. The van der Waals surface area contributed by atoms with Crippen molar-refractivity contribution in [3.05, 3.63) is 35.6 Å². The fourth-order valence-corrected chi connectivity index (χ4v) is 3.42. The van der Waals surface area contributed by atoms with Crippen LogP contribution in [0.15, 0.2) is 24.3 Å². The van der Waals surface area contributed by atoms with Crippen LogP contribution in [0.1, 0.15) is 12.0 Å². The number of carbonyl (C=O) groups excluding carboxylic acids is 1. The number of hydrogen-bond acceptors (Lipinski definition) is 3. The van der Waals surface area contributed by atoms with Gasteiger partial charge in [-0.3, -0.25) is 9.69 Å². The Hall–Kier alpha value is -1.46. The number of rotatable bonds is 2. The lowest BCUT2D eigenvalue weighted by Gasteiger charge is -2.30. The lowest BCUT2D eigenvalue weighted by Crippen LogP contribution is -2.40. The summed E-state index contributed by atoms with van der Waals surface area (Å²) in [4.78, 5) is 15.9. The van der Waals surface area contributed by atoms with Gasteiger partial charge < -0.3 is 9.64 Å². The predicted molar refractivity (Wildman–Crippen MR) is 77.2 cm³/mol. The Morgan fingerprint density at radius 2 is 2.24 bits per heavy atom. The van der Waals surface area contributed by atoms with Gasteiger partial charge in [0.25, 0.3) is 0 Å². The molecule has 1 amide bonds. The van der Waals surface area contributed by atoms with Gasteiger partial charge in [0.05, 0.1) is 13.2 Å². The molecule has 2 aliphatic heterocycles. The molecular formula is C16H21FN2O2. The van der Waals surface area contributed by atoms with E-state index in [0.717, 1.165) is 25.2 Å². The summed E-state index contributed by atoms with van der Waals surface area (Å²) in [7, 11) is 1.85. The molecule has 1 aromatic rings. The van der Waals surface area contributed by atoms with Crippen LogP contribution in [-0.2, 0) is 16.1 Å². The monoisotopic (exact) mass is 292 g/mol. The molecule has 0 unspecified atom stereocenters. The van der Waals surface area contributed by atoms with E-state index < -0.39 is 0 Å². The van der Waals surface area contributed by atoms with Crippen molar-refractivity contribution in [3.8, 4) is 0 Å². The molecule has 2 saturated heterocycles. The largest absolute Gasteiger partial charge is 0.379 e. The molecule has 0 aliphatic carbocycles. The number of likely N-dealkylation sites (tertiary alicyclic amines) is 1. The molecule has 4 nitrogen and oxygen atoms in total. The van der Waals surface area contributed by atoms with Crippen molar-refractivity contribution in [2.45, 2.75) is 13.0 Å². The van der Waals surface area contributed by atoms with Gasteiger partial charge >= 0.3 is 0 Å². The Kier molecular flexibility index (Phi) is 3.95. The fraction of sp³-hybridized carbons (Fsp3) is 0.562. The van der Waals surface area contributed by atoms with E-state index in [1.807, 2.05) is 13.1 Å². The average Bonchev–Trinajstić information content (AvgIpc) is 2.58. The first kappa shape index (κ1) is 14.5. The van der Waals surface area contributed by atoms with Gasteiger partial charge in [-0.25, -0.2) is 4.39 Å². The topological polar surface area (TPSA) is 32.8 Å². The van der Waals surface area contributed by atoms with Crippen molar-refractivity contribution in [3.63, 3.8) is 0 Å². The molecule has 0 aromatic heterocycles. The molecule has 5 heteroatoms. The van der Waals surface area contributed by atoms with Crippen LogP contribution in [0.25, 0.3) is 0 Å². The van der Waals surface area contributed by atoms with Gasteiger partial charge in [0, 0.05) is 45.1 Å². The molecule has 3 rings (SSSR count). The standard InChI is InChI=1S/C16H21FN2O2/c1-18-10-16(8-15(18)20)11-19(5-6-21-12-16)9-13-3-2-4-14(17)7-13/h2-4,7H,5-6,8-12H2,1H3/t16-/m0/s1. The number of ether oxygens (including phenoxy) is 1. The molecule has 2 fully saturated rings. The highest BCUT2D eigenvalue weighted by Gasteiger charge is 2.44. The van der Waals surface area contributed by atoms with E-state index in [-0.39, 0.29) is 17.1 Å². The third-order valence-electron chi connectivity index (χ3n) is 4.34. The predicted octanol–water partition coefficient (Wildman–Crippen LogP) is 1.51. The minimum Gasteiger partial charge on any atom is -0.379 e. The summed E-state index contributed by atoms with van der Waals surface area (Å²) in [6.45, 7) is 4.36. The summed E-state index contributed by atoms with van der Waals surface area (Å²) in [5, 5.41) is 0. The second-order valence-corrected chi connectivity index (χ2v) is 6.32. The third kappa shape index (κ3) is 3.24. The molecule has 2 aliphatic rings. The molecule has 1 spiro atoms. The van der Waals surface area contributed by atoms with Crippen LogP contribution in [0.3, 0.4) is 0 Å². The number of amides is 1. The number of nitrogens with zero attached hydrogens (tertiary/aromatic N) is 2. The molecule has 0 bridgehead atoms. The van der Waals surface area contributed by atoms with Gasteiger partial charge in [0.15, 0.2) is 0 Å². The number of carbonyl (C=O) groups is 1. The van der Waals surface area contributed by atoms with Crippen molar-refractivity contribution in [1.29, 1.82) is 0 Å². The normalized spacial score (nSPS) is 27.3. The number of benzene rings is 1. The van der Waals surface area contributed by atoms with E-state index in [1.165, 1.54) is 6.07 Å². The van der Waals surface area contributed by atoms with Crippen LogP contribution >= 0.6 is 0 Å². The number of hydrogen-bond donors (Lipinski definition) is 0. The minimum absolute atomic E-state index is 0.115. The van der Waals surface area contributed by atoms with Crippen LogP contribution in [0.2, 0.25) is 0 Å². The van der Waals surface area contributed by atoms with E-state index in [2.05, 4.69) is 4.90 Å². The summed E-state index contributed by atoms with van der Waals surface area (Å²) in [6.07, 6.45) is 0.545.